The molecule has 0 aromatic carbocycles. The van der Waals surface area contributed by atoms with E-state index >= 15 is 0 Å². The van der Waals surface area contributed by atoms with Crippen molar-refractivity contribution in [2.24, 2.45) is 13.0 Å². The number of nitrogens with one attached hydrogen (secondary N) is 1. The molecule has 0 aliphatic rings. The van der Waals surface area contributed by atoms with E-state index < -0.39 is 0 Å². The molecule has 2 N–H and O–H groups in total. The van der Waals surface area contributed by atoms with Crippen molar-refractivity contribution in [2.45, 2.75) is 33.2 Å². The SMILES string of the molecule is CCC(CCO)CNCc1cc(C#N)n(C)c1C. The number of aliphatic hydroxyl groups is 1. The molecule has 0 spiro atoms. The fourth-order valence-corrected chi connectivity index (χ4v) is 2.09. The maximum absolute atomic E-state index is 8.96. The number of hydrogen-bond acceptors (Lipinski definition) is 3. The summed E-state index contributed by atoms with van der Waals surface area (Å²) in [5.41, 5.74) is 3.01. The van der Waals surface area contributed by atoms with Crippen molar-refractivity contribution in [3.63, 3.8) is 0 Å². The minimum atomic E-state index is 0.253. The van der Waals surface area contributed by atoms with Crippen LogP contribution in [-0.2, 0) is 13.6 Å². The smallest absolute Gasteiger partial charge is 0.120 e. The van der Waals surface area contributed by atoms with Gasteiger partial charge in [-0.3, -0.25) is 0 Å². The highest BCUT2D eigenvalue weighted by atomic mass is 16.3. The molecule has 100 valence electrons. The first-order valence-corrected chi connectivity index (χ1v) is 6.50. The topological polar surface area (TPSA) is 61.0 Å². The van der Waals surface area contributed by atoms with Crippen LogP contribution in [0.4, 0.5) is 0 Å². The third kappa shape index (κ3) is 3.59. The van der Waals surface area contributed by atoms with Crippen LogP contribution in [0.2, 0.25) is 0 Å². The van der Waals surface area contributed by atoms with Crippen molar-refractivity contribution < 1.29 is 5.11 Å². The van der Waals surface area contributed by atoms with Crippen LogP contribution in [0.1, 0.15) is 36.7 Å². The molecule has 1 rings (SSSR count). The summed E-state index contributed by atoms with van der Waals surface area (Å²) in [6.07, 6.45) is 1.92. The minimum absolute atomic E-state index is 0.253. The van der Waals surface area contributed by atoms with E-state index in [2.05, 4.69) is 18.3 Å². The molecular formula is C14H23N3O. The molecule has 0 aliphatic heterocycles. The fourth-order valence-electron chi connectivity index (χ4n) is 2.09. The van der Waals surface area contributed by atoms with Gasteiger partial charge in [-0.15, -0.1) is 0 Å². The highest BCUT2D eigenvalue weighted by molar-refractivity contribution is 5.33. The van der Waals surface area contributed by atoms with E-state index in [0.29, 0.717) is 11.6 Å². The van der Waals surface area contributed by atoms with Crippen LogP contribution in [0.15, 0.2) is 6.07 Å². The number of aromatic nitrogens is 1. The summed E-state index contributed by atoms with van der Waals surface area (Å²) in [5.74, 6) is 0.523. The van der Waals surface area contributed by atoms with Crippen molar-refractivity contribution >= 4 is 0 Å². The average molecular weight is 249 g/mol. The van der Waals surface area contributed by atoms with Gasteiger partial charge >= 0.3 is 0 Å². The summed E-state index contributed by atoms with van der Waals surface area (Å²) in [6.45, 7) is 6.12. The number of hydrogen-bond donors (Lipinski definition) is 2. The second kappa shape index (κ2) is 7.20. The van der Waals surface area contributed by atoms with Crippen LogP contribution in [0.3, 0.4) is 0 Å². The lowest BCUT2D eigenvalue weighted by atomic mass is 10.0. The Morgan fingerprint density at radius 1 is 1.56 bits per heavy atom. The molecular weight excluding hydrogens is 226 g/mol. The van der Waals surface area contributed by atoms with Gasteiger partial charge in [-0.1, -0.05) is 13.3 Å². The molecule has 0 fully saturated rings. The van der Waals surface area contributed by atoms with E-state index in [1.807, 2.05) is 24.6 Å². The van der Waals surface area contributed by atoms with Gasteiger partial charge in [0.2, 0.25) is 0 Å². The third-order valence-corrected chi connectivity index (χ3v) is 3.62. The molecule has 1 unspecified atom stereocenters. The predicted molar refractivity (Wildman–Crippen MR) is 72.1 cm³/mol. The lowest BCUT2D eigenvalue weighted by Crippen LogP contribution is -2.23. The zero-order chi connectivity index (χ0) is 13.5. The lowest BCUT2D eigenvalue weighted by Gasteiger charge is -2.14. The zero-order valence-corrected chi connectivity index (χ0v) is 11.5. The van der Waals surface area contributed by atoms with Crippen molar-refractivity contribution in [1.82, 2.24) is 9.88 Å². The molecule has 0 radical (unpaired) electrons. The van der Waals surface area contributed by atoms with Crippen LogP contribution >= 0.6 is 0 Å². The van der Waals surface area contributed by atoms with Crippen LogP contribution in [0, 0.1) is 24.2 Å². The fraction of sp³-hybridized carbons (Fsp3) is 0.643. The molecule has 1 atom stereocenters. The molecule has 0 aliphatic carbocycles. The van der Waals surface area contributed by atoms with Crippen molar-refractivity contribution in [2.75, 3.05) is 13.2 Å². The number of rotatable bonds is 7. The first-order valence-electron chi connectivity index (χ1n) is 6.50. The predicted octanol–water partition coefficient (Wildman–Crippen LogP) is 1.70. The first kappa shape index (κ1) is 14.7. The van der Waals surface area contributed by atoms with E-state index in [1.54, 1.807) is 0 Å². The third-order valence-electron chi connectivity index (χ3n) is 3.62. The summed E-state index contributed by atoms with van der Waals surface area (Å²) >= 11 is 0. The Balaban J connectivity index is 2.51. The molecule has 0 saturated heterocycles. The second-order valence-electron chi connectivity index (χ2n) is 4.73. The van der Waals surface area contributed by atoms with E-state index in [0.717, 1.165) is 31.6 Å². The molecule has 0 amide bonds. The molecule has 1 heterocycles. The van der Waals surface area contributed by atoms with Gasteiger partial charge in [-0.25, -0.2) is 0 Å². The highest BCUT2D eigenvalue weighted by Crippen LogP contribution is 2.13. The van der Waals surface area contributed by atoms with E-state index in [-0.39, 0.29) is 6.61 Å². The standard InChI is InChI=1S/C14H23N3O/c1-4-12(5-6-18)9-16-10-13-7-14(8-15)17(3)11(13)2/h7,12,16,18H,4-6,9-10H2,1-3H3. The molecule has 1 aromatic rings. The van der Waals surface area contributed by atoms with Crippen molar-refractivity contribution in [3.05, 3.63) is 23.0 Å². The second-order valence-corrected chi connectivity index (χ2v) is 4.73. The maximum atomic E-state index is 8.96. The van der Waals surface area contributed by atoms with E-state index in [9.17, 15) is 0 Å². The number of nitriles is 1. The maximum Gasteiger partial charge on any atom is 0.120 e. The Labute approximate surface area is 109 Å². The summed E-state index contributed by atoms with van der Waals surface area (Å²) in [5, 5.41) is 21.3. The summed E-state index contributed by atoms with van der Waals surface area (Å²) < 4.78 is 1.92. The van der Waals surface area contributed by atoms with Gasteiger partial charge < -0.3 is 15.0 Å². The van der Waals surface area contributed by atoms with Crippen molar-refractivity contribution in [3.8, 4) is 6.07 Å². The Bertz CT molecular complexity index is 417. The van der Waals surface area contributed by atoms with E-state index in [1.165, 1.54) is 5.56 Å². The summed E-state index contributed by atoms with van der Waals surface area (Å²) in [6, 6.07) is 4.13. The Morgan fingerprint density at radius 2 is 2.28 bits per heavy atom. The normalized spacial score (nSPS) is 12.4. The Kier molecular flexibility index (Phi) is 5.90. The zero-order valence-electron chi connectivity index (χ0n) is 11.5. The van der Waals surface area contributed by atoms with Crippen molar-refractivity contribution in [1.29, 1.82) is 5.26 Å². The quantitative estimate of drug-likeness (QED) is 0.773. The summed E-state index contributed by atoms with van der Waals surface area (Å²) in [4.78, 5) is 0. The molecule has 0 saturated carbocycles. The number of nitrogens with zero attached hydrogens (tertiary/aromatic N) is 2. The molecule has 1 aromatic heterocycles. The molecule has 0 bridgehead atoms. The van der Waals surface area contributed by atoms with Gasteiger partial charge in [0.15, 0.2) is 0 Å². The van der Waals surface area contributed by atoms with Crippen LogP contribution in [-0.4, -0.2) is 22.8 Å². The monoisotopic (exact) mass is 249 g/mol. The van der Waals surface area contributed by atoms with Gasteiger partial charge in [0.1, 0.15) is 11.8 Å². The Hall–Kier alpha value is -1.31. The van der Waals surface area contributed by atoms with E-state index in [4.69, 9.17) is 10.4 Å². The van der Waals surface area contributed by atoms with Gasteiger partial charge in [0, 0.05) is 25.9 Å². The number of aliphatic hydroxyl groups excluding tert-OH is 1. The lowest BCUT2D eigenvalue weighted by molar-refractivity contribution is 0.251. The van der Waals surface area contributed by atoms with Crippen LogP contribution < -0.4 is 5.32 Å². The van der Waals surface area contributed by atoms with Crippen LogP contribution in [0.5, 0.6) is 0 Å². The van der Waals surface area contributed by atoms with Crippen LogP contribution in [0.25, 0.3) is 0 Å². The molecule has 18 heavy (non-hydrogen) atoms. The molecule has 4 heteroatoms. The minimum Gasteiger partial charge on any atom is -0.396 e. The van der Waals surface area contributed by atoms with Gasteiger partial charge in [0.05, 0.1) is 0 Å². The molecule has 4 nitrogen and oxygen atoms in total. The largest absolute Gasteiger partial charge is 0.396 e. The highest BCUT2D eigenvalue weighted by Gasteiger charge is 2.09. The first-order chi connectivity index (χ1) is 8.63. The Morgan fingerprint density at radius 3 is 2.78 bits per heavy atom. The van der Waals surface area contributed by atoms with Gasteiger partial charge in [-0.2, -0.15) is 5.26 Å². The summed E-state index contributed by atoms with van der Waals surface area (Å²) in [7, 11) is 1.91. The van der Waals surface area contributed by atoms with Gasteiger partial charge in [0.25, 0.3) is 0 Å². The average Bonchev–Trinajstić information content (AvgIpc) is 2.65. The van der Waals surface area contributed by atoms with Gasteiger partial charge in [-0.05, 0) is 37.4 Å².